The average Bonchev–Trinajstić information content (AvgIpc) is 3.46. The lowest BCUT2D eigenvalue weighted by atomic mass is 10.0. The summed E-state index contributed by atoms with van der Waals surface area (Å²) in [5, 5.41) is 9.74. The van der Waals surface area contributed by atoms with E-state index in [0.717, 1.165) is 57.8 Å². The Bertz CT molecular complexity index is 1500. The van der Waals surface area contributed by atoms with Crippen LogP contribution in [0.1, 0.15) is 348 Å². The summed E-state index contributed by atoms with van der Waals surface area (Å²) >= 11 is 0. The van der Waals surface area contributed by atoms with E-state index < -0.39 is 24.3 Å². The Morgan fingerprint density at radius 1 is 0.361 bits per heavy atom. The van der Waals surface area contributed by atoms with Crippen molar-refractivity contribution < 1.29 is 42.9 Å². The number of carbonyl (C=O) groups excluding carboxylic acids is 2. The molecule has 1 N–H and O–H groups in total. The summed E-state index contributed by atoms with van der Waals surface area (Å²) in [7, 11) is 5.98. The number of rotatable bonds is 67. The summed E-state index contributed by atoms with van der Waals surface area (Å²) in [5.74, 6) is -2.00. The molecule has 0 bridgehead atoms. The third-order valence-corrected chi connectivity index (χ3v) is 16.1. The Kier molecular flexibility index (Phi) is 63.1. The molecule has 486 valence electrons. The third-order valence-electron chi connectivity index (χ3n) is 16.1. The summed E-state index contributed by atoms with van der Waals surface area (Å²) < 4.78 is 23.0. The van der Waals surface area contributed by atoms with Gasteiger partial charge in [-0.25, -0.2) is 4.79 Å². The summed E-state index contributed by atoms with van der Waals surface area (Å²) in [6, 6.07) is 0. The van der Waals surface area contributed by atoms with E-state index >= 15 is 0 Å². The van der Waals surface area contributed by atoms with Crippen LogP contribution < -0.4 is 0 Å². The fourth-order valence-electron chi connectivity index (χ4n) is 10.5. The van der Waals surface area contributed by atoms with Gasteiger partial charge in [-0.2, -0.15) is 0 Å². The Hall–Kier alpha value is -2.75. The van der Waals surface area contributed by atoms with Gasteiger partial charge >= 0.3 is 17.9 Å². The van der Waals surface area contributed by atoms with E-state index in [4.69, 9.17) is 18.9 Å². The monoisotopic (exact) mass is 1170 g/mol. The second kappa shape index (κ2) is 65.2. The maximum absolute atomic E-state index is 12.9. The van der Waals surface area contributed by atoms with Crippen LogP contribution in [0.3, 0.4) is 0 Å². The maximum Gasteiger partial charge on any atom is 0.361 e. The average molecular weight is 1170 g/mol. The van der Waals surface area contributed by atoms with E-state index in [1.807, 2.05) is 21.1 Å². The molecule has 0 aromatic carbocycles. The van der Waals surface area contributed by atoms with E-state index in [-0.39, 0.29) is 32.2 Å². The van der Waals surface area contributed by atoms with Crippen LogP contribution in [-0.2, 0) is 33.3 Å². The molecule has 0 aromatic rings. The highest BCUT2D eigenvalue weighted by Gasteiger charge is 2.25. The van der Waals surface area contributed by atoms with Gasteiger partial charge in [0.2, 0.25) is 0 Å². The van der Waals surface area contributed by atoms with Crippen LogP contribution >= 0.6 is 0 Å². The lowest BCUT2D eigenvalue weighted by molar-refractivity contribution is -0.870. The third kappa shape index (κ3) is 66.6. The minimum atomic E-state index is -1.51. The number of nitrogens with zero attached hydrogens (tertiary/aromatic N) is 1. The summed E-state index contributed by atoms with van der Waals surface area (Å²) in [4.78, 5) is 37.6. The Morgan fingerprint density at radius 2 is 0.651 bits per heavy atom. The van der Waals surface area contributed by atoms with Crippen molar-refractivity contribution in [3.63, 3.8) is 0 Å². The number of carbonyl (C=O) groups is 3. The number of ether oxygens (including phenoxy) is 4. The van der Waals surface area contributed by atoms with Gasteiger partial charge in [-0.1, -0.05) is 306 Å². The van der Waals surface area contributed by atoms with Gasteiger partial charge < -0.3 is 28.5 Å². The molecule has 0 aliphatic rings. The SMILES string of the molecule is CCCCCCC/C=C\C/C=C\C/C=C\CCCCCCCCC(=O)OC(COC(=O)CCCCCCCCCCCCCCCCCCCCCCCCCCC/C=C\CCCCCCCCCC)COC(OCC[N+](C)(C)C)C(=O)O. The van der Waals surface area contributed by atoms with Crippen molar-refractivity contribution in [3.8, 4) is 0 Å². The normalized spacial score (nSPS) is 12.9. The minimum Gasteiger partial charge on any atom is -0.477 e. The molecular weight excluding hydrogens is 1030 g/mol. The highest BCUT2D eigenvalue weighted by molar-refractivity contribution is 5.71. The minimum absolute atomic E-state index is 0.185. The van der Waals surface area contributed by atoms with Crippen molar-refractivity contribution in [3.05, 3.63) is 48.6 Å². The molecule has 9 heteroatoms. The Labute approximate surface area is 514 Å². The van der Waals surface area contributed by atoms with Crippen LogP contribution in [0.25, 0.3) is 0 Å². The van der Waals surface area contributed by atoms with Crippen LogP contribution in [0.5, 0.6) is 0 Å². The summed E-state index contributed by atoms with van der Waals surface area (Å²) in [6.45, 7) is 4.90. The highest BCUT2D eigenvalue weighted by atomic mass is 16.7. The van der Waals surface area contributed by atoms with Crippen LogP contribution in [0, 0.1) is 0 Å². The van der Waals surface area contributed by atoms with E-state index in [9.17, 15) is 19.5 Å². The molecule has 0 rings (SSSR count). The second-order valence-electron chi connectivity index (χ2n) is 25.5. The van der Waals surface area contributed by atoms with Gasteiger partial charge in [0.05, 0.1) is 34.4 Å². The van der Waals surface area contributed by atoms with Gasteiger partial charge in [-0.15, -0.1) is 0 Å². The summed E-state index contributed by atoms with van der Waals surface area (Å²) in [5.41, 5.74) is 0. The Balaban J connectivity index is 4.00. The zero-order valence-corrected chi connectivity index (χ0v) is 55.6. The van der Waals surface area contributed by atoms with Crippen molar-refractivity contribution in [1.29, 1.82) is 0 Å². The lowest BCUT2D eigenvalue weighted by Gasteiger charge is -2.25. The summed E-state index contributed by atoms with van der Waals surface area (Å²) in [6.07, 6.45) is 81.0. The predicted octanol–water partition coefficient (Wildman–Crippen LogP) is 22.1. The number of aliphatic carboxylic acids is 1. The first kappa shape index (κ1) is 80.2. The molecule has 0 saturated heterocycles. The van der Waals surface area contributed by atoms with E-state index in [0.29, 0.717) is 23.9 Å². The van der Waals surface area contributed by atoms with E-state index in [1.165, 1.54) is 257 Å². The molecule has 0 aliphatic heterocycles. The van der Waals surface area contributed by atoms with Crippen LogP contribution in [0.4, 0.5) is 0 Å². The molecule has 9 nitrogen and oxygen atoms in total. The van der Waals surface area contributed by atoms with Crippen molar-refractivity contribution >= 4 is 17.9 Å². The maximum atomic E-state index is 12.9. The zero-order chi connectivity index (χ0) is 60.5. The van der Waals surface area contributed by atoms with Crippen LogP contribution in [-0.4, -0.2) is 87.4 Å². The molecule has 83 heavy (non-hydrogen) atoms. The number of hydrogen-bond donors (Lipinski definition) is 1. The standard InChI is InChI=1S/C74H137NO8/c1-6-8-10-12-14-16-18-20-22-24-26-28-29-30-31-32-33-34-35-36-37-38-39-40-41-42-43-45-46-48-50-52-54-56-58-60-62-64-71(76)81-68-70(69-82-74(73(78)79)80-67-66-75(3,4)5)83-72(77)65-63-61-59-57-55-53-51-49-47-44-27-25-23-21-19-17-15-13-11-9-7-2/h19,21,24-27,47,49,70,74H,6-18,20,22-23,28-46,48,50-69H2,1-5H3/p+1/b21-19-,26-24-,27-25-,49-47-. The first-order valence-corrected chi connectivity index (χ1v) is 35.8. The highest BCUT2D eigenvalue weighted by Crippen LogP contribution is 2.18. The van der Waals surface area contributed by atoms with Crippen LogP contribution in [0.15, 0.2) is 48.6 Å². The topological polar surface area (TPSA) is 108 Å². The quantitative estimate of drug-likeness (QED) is 0.0211. The largest absolute Gasteiger partial charge is 0.477 e. The number of carboxylic acids is 1. The second-order valence-corrected chi connectivity index (χ2v) is 25.5. The van der Waals surface area contributed by atoms with Gasteiger partial charge in [-0.3, -0.25) is 9.59 Å². The molecule has 0 radical (unpaired) electrons. The van der Waals surface area contributed by atoms with Crippen molar-refractivity contribution in [1.82, 2.24) is 0 Å². The van der Waals surface area contributed by atoms with Gasteiger partial charge in [0.1, 0.15) is 13.2 Å². The molecular formula is C74H138NO8+. The fourth-order valence-corrected chi connectivity index (χ4v) is 10.5. The molecule has 0 aliphatic carbocycles. The lowest BCUT2D eigenvalue weighted by Crippen LogP contribution is -2.40. The molecule has 0 heterocycles. The number of carboxylic acid groups (broad SMARTS) is 1. The molecule has 0 amide bonds. The van der Waals surface area contributed by atoms with Gasteiger partial charge in [0, 0.05) is 12.8 Å². The molecule has 0 aromatic heterocycles. The molecule has 0 saturated carbocycles. The van der Waals surface area contributed by atoms with Gasteiger partial charge in [-0.05, 0) is 77.0 Å². The first-order valence-electron chi connectivity index (χ1n) is 35.8. The number of quaternary nitrogens is 1. The van der Waals surface area contributed by atoms with E-state index in [1.54, 1.807) is 0 Å². The van der Waals surface area contributed by atoms with Crippen LogP contribution in [0.2, 0.25) is 0 Å². The number of unbranched alkanes of at least 4 members (excludes halogenated alkanes) is 44. The number of esters is 2. The molecule has 0 spiro atoms. The fraction of sp³-hybridized carbons (Fsp3) is 0.851. The molecule has 0 fully saturated rings. The number of allylic oxidation sites excluding steroid dienone is 8. The number of hydrogen-bond acceptors (Lipinski definition) is 7. The Morgan fingerprint density at radius 3 is 0.976 bits per heavy atom. The van der Waals surface area contributed by atoms with Crippen molar-refractivity contribution in [2.75, 3.05) is 47.5 Å². The molecule has 2 atom stereocenters. The predicted molar refractivity (Wildman–Crippen MR) is 355 cm³/mol. The first-order chi connectivity index (χ1) is 40.6. The van der Waals surface area contributed by atoms with Gasteiger partial charge in [0.15, 0.2) is 6.10 Å². The number of likely N-dealkylation sites (N-methyl/N-ethyl adjacent to an activating group) is 1. The van der Waals surface area contributed by atoms with Gasteiger partial charge in [0.25, 0.3) is 6.29 Å². The van der Waals surface area contributed by atoms with Crippen molar-refractivity contribution in [2.24, 2.45) is 0 Å². The molecule has 2 unspecified atom stereocenters. The smallest absolute Gasteiger partial charge is 0.361 e. The van der Waals surface area contributed by atoms with E-state index in [2.05, 4.69) is 62.5 Å². The zero-order valence-electron chi connectivity index (χ0n) is 55.6. The van der Waals surface area contributed by atoms with Crippen molar-refractivity contribution in [2.45, 2.75) is 360 Å².